The van der Waals surface area contributed by atoms with Crippen molar-refractivity contribution in [2.45, 2.75) is 12.8 Å². The first-order valence-corrected chi connectivity index (χ1v) is 7.10. The van der Waals surface area contributed by atoms with E-state index in [9.17, 15) is 9.18 Å². The van der Waals surface area contributed by atoms with E-state index in [4.69, 9.17) is 0 Å². The highest BCUT2D eigenvalue weighted by molar-refractivity contribution is 5.94. The molecule has 0 aromatic heterocycles. The third kappa shape index (κ3) is 3.21. The van der Waals surface area contributed by atoms with Crippen LogP contribution < -0.4 is 10.2 Å². The summed E-state index contributed by atoms with van der Waals surface area (Å²) in [6.45, 7) is 1.15. The lowest BCUT2D eigenvalue weighted by Gasteiger charge is -2.30. The molecule has 2 aromatic rings. The molecule has 1 aliphatic heterocycles. The number of para-hydroxylation sites is 1. The maximum absolute atomic E-state index is 13.1. The molecule has 0 fully saturated rings. The second-order valence-electron chi connectivity index (χ2n) is 5.21. The minimum atomic E-state index is -0.351. The predicted octanol–water partition coefficient (Wildman–Crippen LogP) is 3.22. The molecule has 1 aliphatic rings. The Hall–Kier alpha value is -2.36. The number of aryl methyl sites for hydroxylation is 1. The number of rotatable bonds is 3. The van der Waals surface area contributed by atoms with Gasteiger partial charge >= 0.3 is 0 Å². The van der Waals surface area contributed by atoms with E-state index in [1.807, 2.05) is 18.2 Å². The second-order valence-corrected chi connectivity index (χ2v) is 5.21. The van der Waals surface area contributed by atoms with Crippen LogP contribution in [0.5, 0.6) is 0 Å². The fraction of sp³-hybridized carbons (Fsp3) is 0.235. The number of benzene rings is 2. The van der Waals surface area contributed by atoms with E-state index < -0.39 is 0 Å². The van der Waals surface area contributed by atoms with Crippen LogP contribution in [-0.2, 0) is 11.2 Å². The summed E-state index contributed by atoms with van der Waals surface area (Å²) in [6.07, 6.45) is 2.10. The topological polar surface area (TPSA) is 32.3 Å². The molecule has 1 N–H and O–H groups in total. The van der Waals surface area contributed by atoms with Gasteiger partial charge in [-0.05, 0) is 42.7 Å². The third-order valence-corrected chi connectivity index (χ3v) is 3.65. The number of hydrogen-bond donors (Lipinski definition) is 1. The van der Waals surface area contributed by atoms with Gasteiger partial charge in [-0.3, -0.25) is 4.79 Å². The van der Waals surface area contributed by atoms with Gasteiger partial charge in [-0.25, -0.2) is 4.39 Å². The summed E-state index contributed by atoms with van der Waals surface area (Å²) in [5, 5.41) is 2.74. The molecule has 0 bridgehead atoms. The average molecular weight is 284 g/mol. The SMILES string of the molecule is O=C(CN1CCCc2ccccc21)Nc1cccc(F)c1. The summed E-state index contributed by atoms with van der Waals surface area (Å²) in [4.78, 5) is 14.2. The van der Waals surface area contributed by atoms with Gasteiger partial charge in [0.15, 0.2) is 0 Å². The molecular weight excluding hydrogens is 267 g/mol. The van der Waals surface area contributed by atoms with Crippen molar-refractivity contribution in [3.8, 4) is 0 Å². The van der Waals surface area contributed by atoms with E-state index in [2.05, 4.69) is 16.3 Å². The van der Waals surface area contributed by atoms with Gasteiger partial charge < -0.3 is 10.2 Å². The zero-order chi connectivity index (χ0) is 14.7. The smallest absolute Gasteiger partial charge is 0.243 e. The monoisotopic (exact) mass is 284 g/mol. The van der Waals surface area contributed by atoms with Crippen molar-refractivity contribution in [1.82, 2.24) is 0 Å². The molecule has 1 amide bonds. The molecule has 1 heterocycles. The number of fused-ring (bicyclic) bond motifs is 1. The molecule has 0 radical (unpaired) electrons. The quantitative estimate of drug-likeness (QED) is 0.938. The molecule has 108 valence electrons. The van der Waals surface area contributed by atoms with E-state index in [-0.39, 0.29) is 18.3 Å². The van der Waals surface area contributed by atoms with E-state index in [1.165, 1.54) is 17.7 Å². The Morgan fingerprint density at radius 3 is 2.90 bits per heavy atom. The summed E-state index contributed by atoms with van der Waals surface area (Å²) in [7, 11) is 0. The first-order valence-electron chi connectivity index (χ1n) is 7.10. The standard InChI is InChI=1S/C17H17FN2O/c18-14-7-3-8-15(11-14)19-17(21)12-20-10-4-6-13-5-1-2-9-16(13)20/h1-3,5,7-9,11H,4,6,10,12H2,(H,19,21). The molecule has 0 unspecified atom stereocenters. The van der Waals surface area contributed by atoms with E-state index in [1.54, 1.807) is 12.1 Å². The number of anilines is 2. The summed E-state index contributed by atoms with van der Waals surface area (Å²) < 4.78 is 13.1. The van der Waals surface area contributed by atoms with Crippen LogP contribution in [0.3, 0.4) is 0 Å². The molecule has 3 rings (SSSR count). The van der Waals surface area contributed by atoms with Crippen LogP contribution in [-0.4, -0.2) is 19.0 Å². The third-order valence-electron chi connectivity index (χ3n) is 3.65. The maximum atomic E-state index is 13.1. The Balaban J connectivity index is 1.68. The number of carbonyl (C=O) groups is 1. The Morgan fingerprint density at radius 1 is 1.19 bits per heavy atom. The fourth-order valence-electron chi connectivity index (χ4n) is 2.72. The van der Waals surface area contributed by atoms with Crippen LogP contribution in [0.2, 0.25) is 0 Å². The Labute approximate surface area is 123 Å². The average Bonchev–Trinajstić information content (AvgIpc) is 2.47. The maximum Gasteiger partial charge on any atom is 0.243 e. The lowest BCUT2D eigenvalue weighted by molar-refractivity contribution is -0.115. The zero-order valence-electron chi connectivity index (χ0n) is 11.7. The summed E-state index contributed by atoms with van der Waals surface area (Å²) in [6, 6.07) is 14.1. The Kier molecular flexibility index (Phi) is 3.86. The van der Waals surface area contributed by atoms with Crippen molar-refractivity contribution in [2.75, 3.05) is 23.3 Å². The van der Waals surface area contributed by atoms with Crippen molar-refractivity contribution in [1.29, 1.82) is 0 Å². The fourth-order valence-corrected chi connectivity index (χ4v) is 2.72. The Morgan fingerprint density at radius 2 is 2.05 bits per heavy atom. The molecule has 0 saturated heterocycles. The molecule has 21 heavy (non-hydrogen) atoms. The van der Waals surface area contributed by atoms with Crippen LogP contribution >= 0.6 is 0 Å². The van der Waals surface area contributed by atoms with Gasteiger partial charge in [-0.1, -0.05) is 24.3 Å². The highest BCUT2D eigenvalue weighted by Gasteiger charge is 2.18. The van der Waals surface area contributed by atoms with Crippen LogP contribution in [0.4, 0.5) is 15.8 Å². The van der Waals surface area contributed by atoms with Gasteiger partial charge in [0.25, 0.3) is 0 Å². The summed E-state index contributed by atoms with van der Waals surface area (Å²) in [5.74, 6) is -0.478. The van der Waals surface area contributed by atoms with Gasteiger partial charge in [0, 0.05) is 17.9 Å². The van der Waals surface area contributed by atoms with Crippen LogP contribution in [0.1, 0.15) is 12.0 Å². The molecule has 0 aliphatic carbocycles. The van der Waals surface area contributed by atoms with Crippen molar-refractivity contribution >= 4 is 17.3 Å². The van der Waals surface area contributed by atoms with Crippen molar-refractivity contribution in [2.24, 2.45) is 0 Å². The number of nitrogens with zero attached hydrogens (tertiary/aromatic N) is 1. The predicted molar refractivity (Wildman–Crippen MR) is 82.0 cm³/mol. The van der Waals surface area contributed by atoms with Crippen molar-refractivity contribution < 1.29 is 9.18 Å². The number of nitrogens with one attached hydrogen (secondary N) is 1. The van der Waals surface area contributed by atoms with Gasteiger partial charge in [-0.2, -0.15) is 0 Å². The van der Waals surface area contributed by atoms with Crippen LogP contribution in [0.15, 0.2) is 48.5 Å². The highest BCUT2D eigenvalue weighted by atomic mass is 19.1. The van der Waals surface area contributed by atoms with E-state index >= 15 is 0 Å². The van der Waals surface area contributed by atoms with Gasteiger partial charge in [0.1, 0.15) is 5.82 Å². The first kappa shape index (κ1) is 13.6. The highest BCUT2D eigenvalue weighted by Crippen LogP contribution is 2.26. The molecule has 0 spiro atoms. The minimum Gasteiger partial charge on any atom is -0.362 e. The van der Waals surface area contributed by atoms with Gasteiger partial charge in [0.2, 0.25) is 5.91 Å². The largest absolute Gasteiger partial charge is 0.362 e. The minimum absolute atomic E-state index is 0.127. The number of amides is 1. The zero-order valence-corrected chi connectivity index (χ0v) is 11.7. The van der Waals surface area contributed by atoms with Gasteiger partial charge in [0.05, 0.1) is 6.54 Å². The number of hydrogen-bond acceptors (Lipinski definition) is 2. The summed E-state index contributed by atoms with van der Waals surface area (Å²) >= 11 is 0. The first-order chi connectivity index (χ1) is 10.2. The lowest BCUT2D eigenvalue weighted by atomic mass is 10.0. The molecule has 2 aromatic carbocycles. The van der Waals surface area contributed by atoms with E-state index in [0.717, 1.165) is 25.1 Å². The molecule has 4 heteroatoms. The normalized spacial score (nSPS) is 13.7. The summed E-state index contributed by atoms with van der Waals surface area (Å²) in [5.41, 5.74) is 2.89. The van der Waals surface area contributed by atoms with E-state index in [0.29, 0.717) is 5.69 Å². The molecule has 0 atom stereocenters. The number of carbonyl (C=O) groups excluding carboxylic acids is 1. The van der Waals surface area contributed by atoms with Gasteiger partial charge in [-0.15, -0.1) is 0 Å². The molecular formula is C17H17FN2O. The van der Waals surface area contributed by atoms with Crippen molar-refractivity contribution in [3.63, 3.8) is 0 Å². The van der Waals surface area contributed by atoms with Crippen LogP contribution in [0, 0.1) is 5.82 Å². The van der Waals surface area contributed by atoms with Crippen LogP contribution in [0.25, 0.3) is 0 Å². The second kappa shape index (κ2) is 5.95. The Bertz CT molecular complexity index is 657. The number of halogens is 1. The lowest BCUT2D eigenvalue weighted by Crippen LogP contribution is -2.36. The molecule has 0 saturated carbocycles. The van der Waals surface area contributed by atoms with Crippen molar-refractivity contribution in [3.05, 3.63) is 59.9 Å². The molecule has 3 nitrogen and oxygen atoms in total.